The third-order valence-electron chi connectivity index (χ3n) is 2.71. The fourth-order valence-corrected chi connectivity index (χ4v) is 2.83. The van der Waals surface area contributed by atoms with Crippen LogP contribution in [0.1, 0.15) is 17.7 Å². The van der Waals surface area contributed by atoms with Crippen molar-refractivity contribution in [1.29, 1.82) is 0 Å². The Bertz CT molecular complexity index is 252. The van der Waals surface area contributed by atoms with Crippen LogP contribution in [-0.2, 0) is 10.3 Å². The van der Waals surface area contributed by atoms with Crippen LogP contribution in [0.25, 0.3) is 0 Å². The molecule has 1 unspecified atom stereocenters. The van der Waals surface area contributed by atoms with Crippen molar-refractivity contribution in [3.05, 3.63) is 22.4 Å². The quantitative estimate of drug-likeness (QED) is 0.782. The van der Waals surface area contributed by atoms with Crippen molar-refractivity contribution < 1.29 is 4.74 Å². The van der Waals surface area contributed by atoms with E-state index in [0.29, 0.717) is 0 Å². The van der Waals surface area contributed by atoms with Gasteiger partial charge in [0, 0.05) is 18.5 Å². The number of piperidine rings is 1. The zero-order valence-electron chi connectivity index (χ0n) is 7.88. The molecule has 3 heteroatoms. The molecule has 1 saturated heterocycles. The molecule has 0 aliphatic carbocycles. The summed E-state index contributed by atoms with van der Waals surface area (Å²) in [6.07, 6.45) is 2.34. The minimum Gasteiger partial charge on any atom is -0.371 e. The molecule has 0 amide bonds. The first kappa shape index (κ1) is 9.19. The summed E-state index contributed by atoms with van der Waals surface area (Å²) in [4.78, 5) is 1.35. The van der Waals surface area contributed by atoms with E-state index in [1.165, 1.54) is 11.3 Å². The van der Waals surface area contributed by atoms with E-state index >= 15 is 0 Å². The standard InChI is InChI=1S/C10H15NOS/c1-12-10(5-3-6-11-8-10)9-4-2-7-13-9/h2,4,7,11H,3,5-6,8H2,1H3. The predicted octanol–water partition coefficient (Wildman–Crippen LogP) is 1.97. The SMILES string of the molecule is COC1(c2cccs2)CCCNC1. The molecule has 1 aromatic rings. The number of methoxy groups -OCH3 is 1. The second-order valence-electron chi connectivity index (χ2n) is 3.46. The maximum absolute atomic E-state index is 5.67. The van der Waals surface area contributed by atoms with Crippen molar-refractivity contribution in [2.24, 2.45) is 0 Å². The Kier molecular flexibility index (Phi) is 2.67. The lowest BCUT2D eigenvalue weighted by molar-refractivity contribution is -0.0303. The molecule has 1 aliphatic heterocycles. The second kappa shape index (κ2) is 3.78. The third-order valence-corrected chi connectivity index (χ3v) is 3.76. The van der Waals surface area contributed by atoms with Gasteiger partial charge in [-0.05, 0) is 30.8 Å². The van der Waals surface area contributed by atoms with Crippen molar-refractivity contribution in [3.8, 4) is 0 Å². The Morgan fingerprint density at radius 1 is 1.62 bits per heavy atom. The Morgan fingerprint density at radius 3 is 3.08 bits per heavy atom. The zero-order valence-corrected chi connectivity index (χ0v) is 8.69. The number of rotatable bonds is 2. The Hall–Kier alpha value is -0.380. The number of thiophene rings is 1. The monoisotopic (exact) mass is 197 g/mol. The highest BCUT2D eigenvalue weighted by molar-refractivity contribution is 7.10. The van der Waals surface area contributed by atoms with Crippen molar-refractivity contribution in [2.75, 3.05) is 20.2 Å². The van der Waals surface area contributed by atoms with E-state index in [9.17, 15) is 0 Å². The van der Waals surface area contributed by atoms with E-state index in [1.54, 1.807) is 11.3 Å². The summed E-state index contributed by atoms with van der Waals surface area (Å²) >= 11 is 1.79. The fraction of sp³-hybridized carbons (Fsp3) is 0.600. The number of ether oxygens (including phenoxy) is 1. The van der Waals surface area contributed by atoms with Gasteiger partial charge in [-0.2, -0.15) is 0 Å². The van der Waals surface area contributed by atoms with Gasteiger partial charge in [0.05, 0.1) is 0 Å². The van der Waals surface area contributed by atoms with Crippen LogP contribution in [0.3, 0.4) is 0 Å². The molecule has 2 heterocycles. The van der Waals surface area contributed by atoms with Crippen molar-refractivity contribution >= 4 is 11.3 Å². The molecule has 0 spiro atoms. The van der Waals surface area contributed by atoms with Crippen molar-refractivity contribution in [1.82, 2.24) is 5.32 Å². The zero-order chi connectivity index (χ0) is 9.15. The normalized spacial score (nSPS) is 29.0. The summed E-state index contributed by atoms with van der Waals surface area (Å²) in [7, 11) is 1.81. The molecule has 13 heavy (non-hydrogen) atoms. The van der Waals surface area contributed by atoms with E-state index in [0.717, 1.165) is 19.5 Å². The molecule has 0 bridgehead atoms. The highest BCUT2D eigenvalue weighted by Crippen LogP contribution is 2.34. The molecular weight excluding hydrogens is 182 g/mol. The van der Waals surface area contributed by atoms with E-state index in [-0.39, 0.29) is 5.60 Å². The van der Waals surface area contributed by atoms with Crippen LogP contribution in [-0.4, -0.2) is 20.2 Å². The molecule has 72 valence electrons. The molecule has 1 atom stereocenters. The number of hydrogen-bond donors (Lipinski definition) is 1. The molecule has 1 aliphatic rings. The summed E-state index contributed by atoms with van der Waals surface area (Å²) in [5.74, 6) is 0. The van der Waals surface area contributed by atoms with Crippen LogP contribution < -0.4 is 5.32 Å². The summed E-state index contributed by atoms with van der Waals surface area (Å²) in [5.41, 5.74) is -0.0492. The molecule has 0 radical (unpaired) electrons. The first-order valence-corrected chi connectivity index (χ1v) is 5.55. The van der Waals surface area contributed by atoms with Crippen LogP contribution in [0.2, 0.25) is 0 Å². The smallest absolute Gasteiger partial charge is 0.114 e. The van der Waals surface area contributed by atoms with Crippen LogP contribution in [0.15, 0.2) is 17.5 Å². The molecule has 2 nitrogen and oxygen atoms in total. The maximum Gasteiger partial charge on any atom is 0.114 e. The van der Waals surface area contributed by atoms with E-state index in [4.69, 9.17) is 4.74 Å². The fourth-order valence-electron chi connectivity index (χ4n) is 1.90. The molecular formula is C10H15NOS. The van der Waals surface area contributed by atoms with Gasteiger partial charge in [0.25, 0.3) is 0 Å². The summed E-state index contributed by atoms with van der Waals surface area (Å²) < 4.78 is 5.67. The van der Waals surface area contributed by atoms with Crippen molar-refractivity contribution in [3.63, 3.8) is 0 Å². The maximum atomic E-state index is 5.67. The average molecular weight is 197 g/mol. The Labute approximate surface area is 82.9 Å². The third kappa shape index (κ3) is 1.64. The van der Waals surface area contributed by atoms with E-state index < -0.39 is 0 Å². The predicted molar refractivity (Wildman–Crippen MR) is 55.1 cm³/mol. The van der Waals surface area contributed by atoms with Crippen LogP contribution >= 0.6 is 11.3 Å². The lowest BCUT2D eigenvalue weighted by Crippen LogP contribution is -2.44. The van der Waals surface area contributed by atoms with Gasteiger partial charge in [-0.25, -0.2) is 0 Å². The highest BCUT2D eigenvalue weighted by atomic mass is 32.1. The van der Waals surface area contributed by atoms with Gasteiger partial charge in [-0.3, -0.25) is 0 Å². The van der Waals surface area contributed by atoms with Crippen LogP contribution in [0.5, 0.6) is 0 Å². The Morgan fingerprint density at radius 2 is 2.54 bits per heavy atom. The van der Waals surface area contributed by atoms with E-state index in [1.807, 2.05) is 7.11 Å². The largest absolute Gasteiger partial charge is 0.371 e. The van der Waals surface area contributed by atoms with Gasteiger partial charge in [-0.15, -0.1) is 11.3 Å². The van der Waals surface area contributed by atoms with E-state index in [2.05, 4.69) is 22.8 Å². The molecule has 0 saturated carbocycles. The lowest BCUT2D eigenvalue weighted by Gasteiger charge is -2.35. The van der Waals surface area contributed by atoms with Crippen LogP contribution in [0.4, 0.5) is 0 Å². The molecule has 1 fully saturated rings. The highest BCUT2D eigenvalue weighted by Gasteiger charge is 2.34. The van der Waals surface area contributed by atoms with Gasteiger partial charge >= 0.3 is 0 Å². The summed E-state index contributed by atoms with van der Waals surface area (Å²) in [6, 6.07) is 4.26. The average Bonchev–Trinajstić information content (AvgIpc) is 2.72. The molecule has 1 N–H and O–H groups in total. The van der Waals surface area contributed by atoms with Gasteiger partial charge < -0.3 is 10.1 Å². The first-order chi connectivity index (χ1) is 6.37. The minimum atomic E-state index is -0.0492. The van der Waals surface area contributed by atoms with Crippen molar-refractivity contribution in [2.45, 2.75) is 18.4 Å². The molecule has 1 aromatic heterocycles. The second-order valence-corrected chi connectivity index (χ2v) is 4.40. The summed E-state index contributed by atoms with van der Waals surface area (Å²) in [5, 5.41) is 5.51. The number of hydrogen-bond acceptors (Lipinski definition) is 3. The minimum absolute atomic E-state index is 0.0492. The van der Waals surface area contributed by atoms with Gasteiger partial charge in [0.2, 0.25) is 0 Å². The summed E-state index contributed by atoms with van der Waals surface area (Å²) in [6.45, 7) is 2.07. The molecule has 0 aromatic carbocycles. The van der Waals surface area contributed by atoms with Crippen LogP contribution in [0, 0.1) is 0 Å². The first-order valence-electron chi connectivity index (χ1n) is 4.67. The molecule has 2 rings (SSSR count). The Balaban J connectivity index is 2.23. The van der Waals surface area contributed by atoms with Gasteiger partial charge in [0.1, 0.15) is 5.60 Å². The number of nitrogens with one attached hydrogen (secondary N) is 1. The van der Waals surface area contributed by atoms with Gasteiger partial charge in [0.15, 0.2) is 0 Å². The van der Waals surface area contributed by atoms with Gasteiger partial charge in [-0.1, -0.05) is 6.07 Å². The topological polar surface area (TPSA) is 21.3 Å². The lowest BCUT2D eigenvalue weighted by atomic mass is 9.92.